The van der Waals surface area contributed by atoms with Crippen molar-refractivity contribution < 1.29 is 26.7 Å². The van der Waals surface area contributed by atoms with Crippen LogP contribution in [0.3, 0.4) is 0 Å². The van der Waals surface area contributed by atoms with E-state index in [0.29, 0.717) is 26.3 Å². The Morgan fingerprint density at radius 2 is 1.81 bits per heavy atom. The van der Waals surface area contributed by atoms with Crippen LogP contribution in [0.25, 0.3) is 10.9 Å². The average molecular weight is 439 g/mol. The molecular formula is C15H12BrF5N4O. The normalized spacial score (nSPS) is 23.5. The first-order valence-corrected chi connectivity index (χ1v) is 8.56. The van der Waals surface area contributed by atoms with Crippen molar-refractivity contribution in [1.29, 1.82) is 0 Å². The lowest BCUT2D eigenvalue weighted by Gasteiger charge is -2.47. The number of piperazine rings is 1. The fourth-order valence-electron chi connectivity index (χ4n) is 3.44. The van der Waals surface area contributed by atoms with Gasteiger partial charge in [-0.1, -0.05) is 0 Å². The number of halogens is 6. The van der Waals surface area contributed by atoms with Crippen molar-refractivity contribution in [3.8, 4) is 0 Å². The molecule has 0 aliphatic carbocycles. The molecule has 2 atom stereocenters. The van der Waals surface area contributed by atoms with Crippen LogP contribution in [0.2, 0.25) is 0 Å². The number of morpholine rings is 1. The molecule has 2 fully saturated rings. The molecule has 0 spiro atoms. The number of hydrogen-bond acceptors (Lipinski definition) is 5. The molecule has 1 N–H and O–H groups in total. The minimum absolute atomic E-state index is 0.0517. The fourth-order valence-corrected chi connectivity index (χ4v) is 3.97. The van der Waals surface area contributed by atoms with Gasteiger partial charge in [-0.15, -0.1) is 0 Å². The fraction of sp³-hybridized carbons (Fsp3) is 0.467. The second-order valence-corrected chi connectivity index (χ2v) is 6.97. The van der Waals surface area contributed by atoms with E-state index >= 15 is 0 Å². The zero-order chi connectivity index (χ0) is 18.6. The van der Waals surface area contributed by atoms with Crippen LogP contribution in [0.4, 0.5) is 27.8 Å². The first-order valence-electron chi connectivity index (χ1n) is 7.76. The second-order valence-electron chi connectivity index (χ2n) is 6.17. The van der Waals surface area contributed by atoms with Gasteiger partial charge in [0.25, 0.3) is 0 Å². The summed E-state index contributed by atoms with van der Waals surface area (Å²) in [6.45, 7) is 1.60. The van der Waals surface area contributed by atoms with Gasteiger partial charge in [0.05, 0.1) is 35.3 Å². The van der Waals surface area contributed by atoms with E-state index in [2.05, 4.69) is 31.2 Å². The Kier molecular flexibility index (Phi) is 4.27. The van der Waals surface area contributed by atoms with Crippen LogP contribution in [0.5, 0.6) is 0 Å². The van der Waals surface area contributed by atoms with Crippen molar-refractivity contribution in [3.05, 3.63) is 28.0 Å². The van der Waals surface area contributed by atoms with Gasteiger partial charge in [-0.25, -0.2) is 4.39 Å². The van der Waals surface area contributed by atoms with E-state index in [9.17, 15) is 22.0 Å². The highest BCUT2D eigenvalue weighted by atomic mass is 79.9. The van der Waals surface area contributed by atoms with Crippen LogP contribution < -0.4 is 10.2 Å². The molecule has 1 aromatic carbocycles. The van der Waals surface area contributed by atoms with E-state index in [1.807, 2.05) is 0 Å². The molecule has 1 aromatic heterocycles. The summed E-state index contributed by atoms with van der Waals surface area (Å²) in [6.07, 6.45) is -5.99. The second kappa shape index (κ2) is 6.24. The summed E-state index contributed by atoms with van der Waals surface area (Å²) in [4.78, 5) is 8.81. The smallest absolute Gasteiger partial charge is 0.377 e. The standard InChI is InChI=1S/C15H12BrF5N4O/c16-10-9(15(19,20)21)1-8-12(11(10)17)23-14(18)24-13(8)25-6-2-22-3-7(25)5-26-4-6/h1,6-7,22H,2-5H2. The van der Waals surface area contributed by atoms with Crippen LogP contribution in [0.1, 0.15) is 5.56 Å². The Balaban J connectivity index is 1.99. The number of fused-ring (bicyclic) bond motifs is 3. The minimum Gasteiger partial charge on any atom is -0.377 e. The topological polar surface area (TPSA) is 50.3 Å². The van der Waals surface area contributed by atoms with Gasteiger partial charge in [-0.2, -0.15) is 27.5 Å². The van der Waals surface area contributed by atoms with Gasteiger partial charge in [0.2, 0.25) is 0 Å². The Hall–Kier alpha value is -1.59. The van der Waals surface area contributed by atoms with Crippen molar-refractivity contribution >= 4 is 32.7 Å². The van der Waals surface area contributed by atoms with Gasteiger partial charge in [0.1, 0.15) is 11.3 Å². The predicted molar refractivity (Wildman–Crippen MR) is 85.9 cm³/mol. The van der Waals surface area contributed by atoms with Gasteiger partial charge >= 0.3 is 12.3 Å². The summed E-state index contributed by atoms with van der Waals surface area (Å²) < 4.78 is 73.0. The van der Waals surface area contributed by atoms with Crippen LogP contribution in [0, 0.1) is 11.9 Å². The molecule has 2 bridgehead atoms. The summed E-state index contributed by atoms with van der Waals surface area (Å²) in [5.74, 6) is -1.32. The Bertz CT molecular complexity index is 855. The third-order valence-electron chi connectivity index (χ3n) is 4.54. The van der Waals surface area contributed by atoms with Crippen molar-refractivity contribution in [2.24, 2.45) is 0 Å². The first kappa shape index (κ1) is 17.8. The van der Waals surface area contributed by atoms with E-state index in [1.54, 1.807) is 4.90 Å². The van der Waals surface area contributed by atoms with Crippen LogP contribution >= 0.6 is 15.9 Å². The van der Waals surface area contributed by atoms with Crippen LogP contribution in [0.15, 0.2) is 10.5 Å². The van der Waals surface area contributed by atoms with Crippen molar-refractivity contribution in [1.82, 2.24) is 15.3 Å². The minimum atomic E-state index is -4.79. The van der Waals surface area contributed by atoms with Gasteiger partial charge in [0, 0.05) is 18.5 Å². The van der Waals surface area contributed by atoms with Crippen LogP contribution in [-0.2, 0) is 10.9 Å². The predicted octanol–water partition coefficient (Wildman–Crippen LogP) is 2.87. The lowest BCUT2D eigenvalue weighted by atomic mass is 10.0. The maximum Gasteiger partial charge on any atom is 0.417 e. The number of hydrogen-bond donors (Lipinski definition) is 1. The maximum absolute atomic E-state index is 14.5. The largest absolute Gasteiger partial charge is 0.417 e. The van der Waals surface area contributed by atoms with E-state index in [-0.39, 0.29) is 23.3 Å². The molecule has 0 radical (unpaired) electrons. The van der Waals surface area contributed by atoms with E-state index in [0.717, 1.165) is 6.07 Å². The number of anilines is 1. The third-order valence-corrected chi connectivity index (χ3v) is 5.32. The molecule has 0 saturated carbocycles. The number of nitrogens with zero attached hydrogens (tertiary/aromatic N) is 3. The van der Waals surface area contributed by atoms with Crippen molar-refractivity contribution in [2.45, 2.75) is 18.3 Å². The van der Waals surface area contributed by atoms with E-state index < -0.39 is 33.6 Å². The Labute approximate surface area is 152 Å². The van der Waals surface area contributed by atoms with E-state index in [1.165, 1.54) is 0 Å². The number of rotatable bonds is 1. The molecule has 2 aliphatic heterocycles. The zero-order valence-electron chi connectivity index (χ0n) is 13.1. The molecule has 2 saturated heterocycles. The molecule has 2 unspecified atom stereocenters. The molecular weight excluding hydrogens is 427 g/mol. The average Bonchev–Trinajstić information content (AvgIpc) is 2.56. The Morgan fingerprint density at radius 1 is 1.15 bits per heavy atom. The number of benzene rings is 1. The summed E-state index contributed by atoms with van der Waals surface area (Å²) in [5.41, 5.74) is -1.69. The highest BCUT2D eigenvalue weighted by molar-refractivity contribution is 9.10. The summed E-state index contributed by atoms with van der Waals surface area (Å²) in [7, 11) is 0. The number of alkyl halides is 3. The van der Waals surface area contributed by atoms with E-state index in [4.69, 9.17) is 4.74 Å². The first-order chi connectivity index (χ1) is 12.3. The van der Waals surface area contributed by atoms with Gasteiger partial charge < -0.3 is 15.0 Å². The molecule has 3 heterocycles. The van der Waals surface area contributed by atoms with Crippen molar-refractivity contribution in [3.63, 3.8) is 0 Å². The van der Waals surface area contributed by atoms with Crippen LogP contribution in [-0.4, -0.2) is 48.4 Å². The lowest BCUT2D eigenvalue weighted by molar-refractivity contribution is -0.138. The quantitative estimate of drug-likeness (QED) is 0.548. The SMILES string of the molecule is Fc1nc(N2C3CNCC2COC3)c2cc(C(F)(F)F)c(Br)c(F)c2n1. The molecule has 2 aromatic rings. The summed E-state index contributed by atoms with van der Waals surface area (Å²) in [6, 6.07) is 0.262. The van der Waals surface area contributed by atoms with Crippen molar-refractivity contribution in [2.75, 3.05) is 31.2 Å². The molecule has 4 rings (SSSR count). The highest BCUT2D eigenvalue weighted by Gasteiger charge is 2.39. The molecule has 11 heteroatoms. The molecule has 5 nitrogen and oxygen atoms in total. The number of ether oxygens (including phenoxy) is 1. The zero-order valence-corrected chi connectivity index (χ0v) is 14.7. The van der Waals surface area contributed by atoms with Gasteiger partial charge in [0.15, 0.2) is 5.82 Å². The number of aromatic nitrogens is 2. The monoisotopic (exact) mass is 438 g/mol. The summed E-state index contributed by atoms with van der Waals surface area (Å²) >= 11 is 2.61. The molecule has 0 amide bonds. The molecule has 140 valence electrons. The third kappa shape index (κ3) is 2.81. The van der Waals surface area contributed by atoms with Gasteiger partial charge in [-0.05, 0) is 22.0 Å². The molecule has 26 heavy (non-hydrogen) atoms. The van der Waals surface area contributed by atoms with Gasteiger partial charge in [-0.3, -0.25) is 0 Å². The summed E-state index contributed by atoms with van der Waals surface area (Å²) in [5, 5.41) is 3.00. The lowest BCUT2D eigenvalue weighted by Crippen LogP contribution is -2.64. The number of nitrogens with one attached hydrogen (secondary N) is 1. The maximum atomic E-state index is 14.5. The highest BCUT2D eigenvalue weighted by Crippen LogP contribution is 2.41. The molecule has 2 aliphatic rings. The Morgan fingerprint density at radius 3 is 2.42 bits per heavy atom.